The highest BCUT2D eigenvalue weighted by atomic mass is 32.1. The van der Waals surface area contributed by atoms with Gasteiger partial charge >= 0.3 is 5.97 Å². The number of Topliss-reactive ketones (excluding diaryl/α,β-unsaturated/α-hetero) is 1. The number of aromatic nitrogens is 1. The van der Waals surface area contributed by atoms with E-state index in [0.717, 1.165) is 5.56 Å². The Bertz CT molecular complexity index is 1040. The Labute approximate surface area is 178 Å². The number of ether oxygens (including phenoxy) is 4. The second-order valence-corrected chi connectivity index (χ2v) is 7.11. The second kappa shape index (κ2) is 9.41. The minimum atomic E-state index is -0.947. The van der Waals surface area contributed by atoms with Crippen LogP contribution in [0.2, 0.25) is 0 Å². The first-order chi connectivity index (χ1) is 14.5. The zero-order valence-corrected chi connectivity index (χ0v) is 17.8. The van der Waals surface area contributed by atoms with Gasteiger partial charge in [-0.3, -0.25) is 4.79 Å². The van der Waals surface area contributed by atoms with E-state index in [1.54, 1.807) is 63.1 Å². The number of esters is 1. The maximum Gasteiger partial charge on any atom is 0.358 e. The highest BCUT2D eigenvalue weighted by Crippen LogP contribution is 2.33. The van der Waals surface area contributed by atoms with Crippen LogP contribution in [-0.2, 0) is 4.74 Å². The standard InChI is InChI=1S/C22H21NO6S/c1-13(20(24)14-5-8-16(26-2)9-6-14)29-22(25)17-12-30-21(23-17)15-7-10-18(27-3)19(11-15)28-4/h5-13H,1-4H3. The van der Waals surface area contributed by atoms with Crippen LogP contribution in [-0.4, -0.2) is 44.2 Å². The van der Waals surface area contributed by atoms with Gasteiger partial charge in [0.1, 0.15) is 10.8 Å². The molecule has 0 bridgehead atoms. The van der Waals surface area contributed by atoms with Crippen LogP contribution in [0.25, 0.3) is 10.6 Å². The summed E-state index contributed by atoms with van der Waals surface area (Å²) in [6.07, 6.45) is -0.947. The molecule has 2 aromatic carbocycles. The first-order valence-electron chi connectivity index (χ1n) is 9.04. The summed E-state index contributed by atoms with van der Waals surface area (Å²) in [5.74, 6) is 0.839. The number of hydrogen-bond donors (Lipinski definition) is 0. The number of rotatable bonds is 8. The molecule has 1 unspecified atom stereocenters. The number of carbonyl (C=O) groups excluding carboxylic acids is 2. The fraction of sp³-hybridized carbons (Fsp3) is 0.227. The molecular formula is C22H21NO6S. The quantitative estimate of drug-likeness (QED) is 0.392. The third-order valence-corrected chi connectivity index (χ3v) is 5.26. The molecule has 0 aliphatic rings. The van der Waals surface area contributed by atoms with Crippen LogP contribution in [0, 0.1) is 0 Å². The summed E-state index contributed by atoms with van der Waals surface area (Å²) >= 11 is 1.29. The van der Waals surface area contributed by atoms with Crippen molar-refractivity contribution in [3.8, 4) is 27.8 Å². The molecule has 0 aliphatic carbocycles. The maximum atomic E-state index is 12.5. The number of carbonyl (C=O) groups is 2. The normalized spacial score (nSPS) is 11.5. The third kappa shape index (κ3) is 4.60. The Balaban J connectivity index is 1.70. The van der Waals surface area contributed by atoms with Crippen LogP contribution < -0.4 is 14.2 Å². The molecule has 0 N–H and O–H groups in total. The lowest BCUT2D eigenvalue weighted by atomic mass is 10.1. The fourth-order valence-electron chi connectivity index (χ4n) is 2.73. The molecule has 1 atom stereocenters. The summed E-state index contributed by atoms with van der Waals surface area (Å²) in [6.45, 7) is 1.53. The van der Waals surface area contributed by atoms with E-state index in [4.69, 9.17) is 18.9 Å². The number of methoxy groups -OCH3 is 3. The maximum absolute atomic E-state index is 12.5. The second-order valence-electron chi connectivity index (χ2n) is 6.25. The van der Waals surface area contributed by atoms with Gasteiger partial charge in [-0.25, -0.2) is 9.78 Å². The van der Waals surface area contributed by atoms with Crippen molar-refractivity contribution in [3.63, 3.8) is 0 Å². The topological polar surface area (TPSA) is 84.0 Å². The van der Waals surface area contributed by atoms with Crippen LogP contribution >= 0.6 is 11.3 Å². The van der Waals surface area contributed by atoms with Gasteiger partial charge in [-0.1, -0.05) is 0 Å². The average Bonchev–Trinajstić information content (AvgIpc) is 3.28. The fourth-order valence-corrected chi connectivity index (χ4v) is 3.52. The molecule has 0 spiro atoms. The monoisotopic (exact) mass is 427 g/mol. The minimum absolute atomic E-state index is 0.138. The highest BCUT2D eigenvalue weighted by Gasteiger charge is 2.22. The largest absolute Gasteiger partial charge is 0.497 e. The summed E-state index contributed by atoms with van der Waals surface area (Å²) in [7, 11) is 4.66. The van der Waals surface area contributed by atoms with Crippen molar-refractivity contribution >= 4 is 23.1 Å². The SMILES string of the molecule is COc1ccc(C(=O)C(C)OC(=O)c2csc(-c3ccc(OC)c(OC)c3)n2)cc1. The van der Waals surface area contributed by atoms with Gasteiger partial charge in [-0.05, 0) is 49.4 Å². The van der Waals surface area contributed by atoms with Crippen molar-refractivity contribution in [2.75, 3.05) is 21.3 Å². The van der Waals surface area contributed by atoms with Crippen molar-refractivity contribution in [3.05, 3.63) is 59.1 Å². The van der Waals surface area contributed by atoms with E-state index in [2.05, 4.69) is 4.98 Å². The van der Waals surface area contributed by atoms with Crippen molar-refractivity contribution in [1.29, 1.82) is 0 Å². The molecule has 1 aromatic heterocycles. The first kappa shape index (κ1) is 21.3. The van der Waals surface area contributed by atoms with Crippen LogP contribution in [0.1, 0.15) is 27.8 Å². The molecule has 0 fully saturated rings. The molecule has 30 heavy (non-hydrogen) atoms. The lowest BCUT2D eigenvalue weighted by Crippen LogP contribution is -2.24. The highest BCUT2D eigenvalue weighted by molar-refractivity contribution is 7.13. The molecule has 0 radical (unpaired) electrons. The smallest absolute Gasteiger partial charge is 0.358 e. The zero-order chi connectivity index (χ0) is 21.7. The van der Waals surface area contributed by atoms with E-state index in [1.807, 2.05) is 6.07 Å². The number of hydrogen-bond acceptors (Lipinski definition) is 8. The Morgan fingerprint density at radius 2 is 1.63 bits per heavy atom. The molecule has 3 aromatic rings. The molecule has 3 rings (SSSR count). The van der Waals surface area contributed by atoms with Gasteiger partial charge in [-0.15, -0.1) is 11.3 Å². The van der Waals surface area contributed by atoms with Crippen molar-refractivity contribution in [2.24, 2.45) is 0 Å². The molecule has 7 nitrogen and oxygen atoms in total. The summed E-state index contributed by atoms with van der Waals surface area (Å²) in [6, 6.07) is 12.0. The van der Waals surface area contributed by atoms with Crippen LogP contribution in [0.5, 0.6) is 17.2 Å². The van der Waals surface area contributed by atoms with Gasteiger partial charge in [-0.2, -0.15) is 0 Å². The Morgan fingerprint density at radius 1 is 0.933 bits per heavy atom. The van der Waals surface area contributed by atoms with Gasteiger partial charge in [0.05, 0.1) is 21.3 Å². The predicted octanol–water partition coefficient (Wildman–Crippen LogP) is 4.26. The number of ketones is 1. The molecular weight excluding hydrogens is 406 g/mol. The third-order valence-electron chi connectivity index (χ3n) is 4.37. The Morgan fingerprint density at radius 3 is 2.27 bits per heavy atom. The number of thiazole rings is 1. The molecule has 0 saturated carbocycles. The lowest BCUT2D eigenvalue weighted by molar-refractivity contribution is 0.0314. The molecule has 0 amide bonds. The lowest BCUT2D eigenvalue weighted by Gasteiger charge is -2.11. The van der Waals surface area contributed by atoms with E-state index in [1.165, 1.54) is 18.3 Å². The number of benzene rings is 2. The molecule has 156 valence electrons. The Kier molecular flexibility index (Phi) is 6.68. The van der Waals surface area contributed by atoms with Gasteiger partial charge in [0.15, 0.2) is 23.3 Å². The van der Waals surface area contributed by atoms with Gasteiger partial charge < -0.3 is 18.9 Å². The van der Waals surface area contributed by atoms with Gasteiger partial charge in [0.2, 0.25) is 5.78 Å². The summed E-state index contributed by atoms with van der Waals surface area (Å²) in [4.78, 5) is 29.3. The van der Waals surface area contributed by atoms with Crippen LogP contribution in [0.3, 0.4) is 0 Å². The average molecular weight is 427 g/mol. The Hall–Kier alpha value is -3.39. The van der Waals surface area contributed by atoms with Gasteiger partial charge in [0, 0.05) is 16.5 Å². The predicted molar refractivity (Wildman–Crippen MR) is 113 cm³/mol. The van der Waals surface area contributed by atoms with E-state index in [-0.39, 0.29) is 11.5 Å². The van der Waals surface area contributed by atoms with Crippen LogP contribution in [0.15, 0.2) is 47.8 Å². The van der Waals surface area contributed by atoms with Crippen molar-refractivity contribution in [2.45, 2.75) is 13.0 Å². The molecule has 0 aliphatic heterocycles. The van der Waals surface area contributed by atoms with E-state index in [0.29, 0.717) is 27.8 Å². The molecule has 8 heteroatoms. The molecule has 1 heterocycles. The van der Waals surface area contributed by atoms with Crippen molar-refractivity contribution in [1.82, 2.24) is 4.98 Å². The molecule has 0 saturated heterocycles. The summed E-state index contributed by atoms with van der Waals surface area (Å²) in [5, 5.41) is 2.22. The van der Waals surface area contributed by atoms with Crippen molar-refractivity contribution < 1.29 is 28.5 Å². The summed E-state index contributed by atoms with van der Waals surface area (Å²) < 4.78 is 20.9. The van der Waals surface area contributed by atoms with E-state index in [9.17, 15) is 9.59 Å². The van der Waals surface area contributed by atoms with Gasteiger partial charge in [0.25, 0.3) is 0 Å². The van der Waals surface area contributed by atoms with E-state index >= 15 is 0 Å². The minimum Gasteiger partial charge on any atom is -0.497 e. The first-order valence-corrected chi connectivity index (χ1v) is 9.92. The zero-order valence-electron chi connectivity index (χ0n) is 17.0. The van der Waals surface area contributed by atoms with E-state index < -0.39 is 12.1 Å². The van der Waals surface area contributed by atoms with Crippen LogP contribution in [0.4, 0.5) is 0 Å². The summed E-state index contributed by atoms with van der Waals surface area (Å²) in [5.41, 5.74) is 1.35. The number of nitrogens with zero attached hydrogens (tertiary/aromatic N) is 1.